The zero-order valence-corrected chi connectivity index (χ0v) is 18.6. The third-order valence-corrected chi connectivity index (χ3v) is 5.29. The molecule has 0 atom stereocenters. The van der Waals surface area contributed by atoms with Gasteiger partial charge in [0.1, 0.15) is 0 Å². The van der Waals surface area contributed by atoms with E-state index in [4.69, 9.17) is 26.8 Å². The van der Waals surface area contributed by atoms with E-state index in [0.717, 1.165) is 29.1 Å². The summed E-state index contributed by atoms with van der Waals surface area (Å²) in [4.78, 5) is 4.58. The number of guanidine groups is 1. The first kappa shape index (κ1) is 21.6. The van der Waals surface area contributed by atoms with Gasteiger partial charge in [-0.05, 0) is 36.6 Å². The van der Waals surface area contributed by atoms with E-state index in [2.05, 4.69) is 16.4 Å². The normalized spacial score (nSPS) is 15.3. The summed E-state index contributed by atoms with van der Waals surface area (Å²) in [7, 11) is 3.20. The Morgan fingerprint density at radius 1 is 1.15 bits per heavy atom. The molecule has 7 heteroatoms. The van der Waals surface area contributed by atoms with E-state index in [-0.39, 0.29) is 29.4 Å². The van der Waals surface area contributed by atoms with Crippen molar-refractivity contribution in [1.29, 1.82) is 0 Å². The maximum atomic E-state index is 6.41. The first-order valence-corrected chi connectivity index (χ1v) is 9.00. The lowest BCUT2D eigenvalue weighted by Crippen LogP contribution is -2.39. The van der Waals surface area contributed by atoms with Gasteiger partial charge in [0, 0.05) is 22.2 Å². The zero-order valence-electron chi connectivity index (χ0n) is 15.5. The Kier molecular flexibility index (Phi) is 7.61. The molecule has 5 nitrogen and oxygen atoms in total. The number of benzene rings is 2. The lowest BCUT2D eigenvalue weighted by Gasteiger charge is -2.41. The Labute approximate surface area is 182 Å². The Bertz CT molecular complexity index is 810. The average Bonchev–Trinajstić information content (AvgIpc) is 2.62. The molecule has 0 spiro atoms. The first-order chi connectivity index (χ1) is 12.6. The van der Waals surface area contributed by atoms with Crippen LogP contribution in [0.15, 0.2) is 47.5 Å². The lowest BCUT2D eigenvalue weighted by atomic mass is 9.64. The van der Waals surface area contributed by atoms with E-state index in [1.807, 2.05) is 36.4 Å². The molecule has 1 aliphatic carbocycles. The summed E-state index contributed by atoms with van der Waals surface area (Å²) in [6, 6.07) is 13.5. The summed E-state index contributed by atoms with van der Waals surface area (Å²) < 4.78 is 10.6. The molecule has 0 amide bonds. The largest absolute Gasteiger partial charge is 0.493 e. The van der Waals surface area contributed by atoms with E-state index in [9.17, 15) is 0 Å². The van der Waals surface area contributed by atoms with Crippen LogP contribution in [0.4, 0.5) is 5.69 Å². The van der Waals surface area contributed by atoms with Crippen LogP contribution in [0.5, 0.6) is 11.5 Å². The number of nitrogens with two attached hydrogens (primary N) is 1. The molecule has 0 saturated heterocycles. The second kappa shape index (κ2) is 9.50. The van der Waals surface area contributed by atoms with Crippen molar-refractivity contribution in [2.24, 2.45) is 10.7 Å². The quantitative estimate of drug-likeness (QED) is 0.338. The van der Waals surface area contributed by atoms with Crippen molar-refractivity contribution < 1.29 is 9.47 Å². The van der Waals surface area contributed by atoms with E-state index in [1.54, 1.807) is 14.2 Å². The van der Waals surface area contributed by atoms with Gasteiger partial charge < -0.3 is 20.5 Å². The Balaban J connectivity index is 0.00000261. The molecular weight excluding hydrogens is 477 g/mol. The number of methoxy groups -OCH3 is 2. The molecule has 0 radical (unpaired) electrons. The summed E-state index contributed by atoms with van der Waals surface area (Å²) in [5.41, 5.74) is 8.05. The second-order valence-electron chi connectivity index (χ2n) is 6.51. The average molecular weight is 502 g/mol. The summed E-state index contributed by atoms with van der Waals surface area (Å²) in [6.07, 6.45) is 3.33. The van der Waals surface area contributed by atoms with Crippen molar-refractivity contribution in [3.63, 3.8) is 0 Å². The van der Waals surface area contributed by atoms with Gasteiger partial charge in [0.15, 0.2) is 17.5 Å². The highest BCUT2D eigenvalue weighted by Crippen LogP contribution is 2.46. The summed E-state index contributed by atoms with van der Waals surface area (Å²) >= 11 is 6.41. The van der Waals surface area contributed by atoms with E-state index in [1.165, 1.54) is 6.42 Å². The minimum absolute atomic E-state index is 0. The molecule has 0 unspecified atom stereocenters. The first-order valence-electron chi connectivity index (χ1n) is 8.62. The molecule has 3 N–H and O–H groups in total. The second-order valence-corrected chi connectivity index (χ2v) is 6.92. The highest BCUT2D eigenvalue weighted by atomic mass is 127. The van der Waals surface area contributed by atoms with Crippen LogP contribution in [0.1, 0.15) is 24.8 Å². The van der Waals surface area contributed by atoms with Crippen molar-refractivity contribution in [3.8, 4) is 11.5 Å². The van der Waals surface area contributed by atoms with Crippen LogP contribution in [-0.2, 0) is 5.41 Å². The van der Waals surface area contributed by atoms with Crippen LogP contribution >= 0.6 is 35.6 Å². The lowest BCUT2D eigenvalue weighted by molar-refractivity contribution is 0.254. The summed E-state index contributed by atoms with van der Waals surface area (Å²) in [5.74, 6) is 1.67. The van der Waals surface area contributed by atoms with Crippen molar-refractivity contribution in [2.75, 3.05) is 26.1 Å². The van der Waals surface area contributed by atoms with Gasteiger partial charge in [0.05, 0.1) is 20.8 Å². The Hall–Kier alpha value is -1.67. The number of hydrogen-bond donors (Lipinski definition) is 2. The minimum atomic E-state index is -0.0117. The highest BCUT2D eigenvalue weighted by Gasteiger charge is 2.39. The minimum Gasteiger partial charge on any atom is -0.493 e. The molecule has 146 valence electrons. The van der Waals surface area contributed by atoms with Gasteiger partial charge in [0.2, 0.25) is 0 Å². The van der Waals surface area contributed by atoms with Crippen LogP contribution < -0.4 is 20.5 Å². The fourth-order valence-electron chi connectivity index (χ4n) is 3.35. The van der Waals surface area contributed by atoms with E-state index < -0.39 is 0 Å². The predicted molar refractivity (Wildman–Crippen MR) is 122 cm³/mol. The monoisotopic (exact) mass is 501 g/mol. The number of nitrogens with one attached hydrogen (secondary N) is 1. The van der Waals surface area contributed by atoms with Crippen molar-refractivity contribution in [1.82, 2.24) is 0 Å². The molecule has 0 aromatic heterocycles. The molecule has 1 saturated carbocycles. The number of rotatable bonds is 6. The SMILES string of the molecule is COc1ccc(NC(N)=NCC2(c3ccccc3Cl)CCC2)cc1OC.I. The number of anilines is 1. The van der Waals surface area contributed by atoms with Gasteiger partial charge in [-0.3, -0.25) is 4.99 Å². The topological polar surface area (TPSA) is 68.9 Å². The third kappa shape index (κ3) is 4.79. The maximum Gasteiger partial charge on any atom is 0.193 e. The van der Waals surface area contributed by atoms with Crippen molar-refractivity contribution >= 4 is 47.2 Å². The van der Waals surface area contributed by atoms with Gasteiger partial charge in [-0.15, -0.1) is 24.0 Å². The van der Waals surface area contributed by atoms with Crippen LogP contribution in [0.2, 0.25) is 5.02 Å². The fourth-order valence-corrected chi connectivity index (χ4v) is 3.68. The van der Waals surface area contributed by atoms with Crippen molar-refractivity contribution in [2.45, 2.75) is 24.7 Å². The van der Waals surface area contributed by atoms with E-state index in [0.29, 0.717) is 24.0 Å². The fraction of sp³-hybridized carbons (Fsp3) is 0.350. The number of nitrogens with zero attached hydrogens (tertiary/aromatic N) is 1. The Morgan fingerprint density at radius 2 is 1.85 bits per heavy atom. The predicted octanol–water partition coefficient (Wildman–Crippen LogP) is 4.82. The molecule has 2 aromatic rings. The molecule has 27 heavy (non-hydrogen) atoms. The number of aliphatic imine (C=N–C) groups is 1. The summed E-state index contributed by atoms with van der Waals surface area (Å²) in [6.45, 7) is 0.614. The van der Waals surface area contributed by atoms with Crippen LogP contribution in [-0.4, -0.2) is 26.7 Å². The highest BCUT2D eigenvalue weighted by molar-refractivity contribution is 14.0. The standard InChI is InChI=1S/C20H24ClN3O2.HI/c1-25-17-9-8-14(12-18(17)26-2)24-19(22)23-13-20(10-5-11-20)15-6-3-4-7-16(15)21;/h3-4,6-9,12H,5,10-11,13H2,1-2H3,(H3,22,23,24);1H. The van der Waals surface area contributed by atoms with Crippen LogP contribution in [0.25, 0.3) is 0 Å². The molecule has 0 heterocycles. The van der Waals surface area contributed by atoms with Crippen LogP contribution in [0.3, 0.4) is 0 Å². The van der Waals surface area contributed by atoms with Gasteiger partial charge in [-0.25, -0.2) is 0 Å². The smallest absolute Gasteiger partial charge is 0.193 e. The number of hydrogen-bond acceptors (Lipinski definition) is 3. The molecular formula is C20H25ClIN3O2. The Morgan fingerprint density at radius 3 is 2.44 bits per heavy atom. The number of ether oxygens (including phenoxy) is 2. The number of halogens is 2. The third-order valence-electron chi connectivity index (χ3n) is 4.96. The molecule has 2 aromatic carbocycles. The van der Waals surface area contributed by atoms with Gasteiger partial charge in [0.25, 0.3) is 0 Å². The molecule has 1 fully saturated rings. The zero-order chi connectivity index (χ0) is 18.6. The molecule has 1 aliphatic rings. The van der Waals surface area contributed by atoms with Gasteiger partial charge in [-0.2, -0.15) is 0 Å². The summed E-state index contributed by atoms with van der Waals surface area (Å²) in [5, 5.41) is 3.91. The van der Waals surface area contributed by atoms with Crippen molar-refractivity contribution in [3.05, 3.63) is 53.1 Å². The molecule has 0 bridgehead atoms. The van der Waals surface area contributed by atoms with E-state index >= 15 is 0 Å². The van der Waals surface area contributed by atoms with Gasteiger partial charge >= 0.3 is 0 Å². The molecule has 0 aliphatic heterocycles. The van der Waals surface area contributed by atoms with Gasteiger partial charge in [-0.1, -0.05) is 36.2 Å². The maximum absolute atomic E-state index is 6.41. The van der Waals surface area contributed by atoms with Crippen LogP contribution in [0, 0.1) is 0 Å². The molecule has 3 rings (SSSR count).